The van der Waals surface area contributed by atoms with E-state index < -0.39 is 12.0 Å². The van der Waals surface area contributed by atoms with Crippen LogP contribution >= 0.6 is 11.3 Å². The molecule has 0 radical (unpaired) electrons. The van der Waals surface area contributed by atoms with Crippen LogP contribution in [0.5, 0.6) is 5.75 Å². The van der Waals surface area contributed by atoms with Crippen molar-refractivity contribution < 1.29 is 14.3 Å². The van der Waals surface area contributed by atoms with Crippen molar-refractivity contribution in [3.63, 3.8) is 0 Å². The van der Waals surface area contributed by atoms with Gasteiger partial charge < -0.3 is 14.0 Å². The van der Waals surface area contributed by atoms with Gasteiger partial charge in [-0.2, -0.15) is 0 Å². The molecule has 0 amide bonds. The van der Waals surface area contributed by atoms with Crippen LogP contribution in [0, 0.1) is 0 Å². The van der Waals surface area contributed by atoms with E-state index in [1.807, 2.05) is 60.7 Å². The van der Waals surface area contributed by atoms with E-state index in [0.717, 1.165) is 28.6 Å². The number of carbonyl (C=O) groups excluding carboxylic acids is 1. The monoisotopic (exact) mass is 563 g/mol. The van der Waals surface area contributed by atoms with E-state index in [-0.39, 0.29) is 12.2 Å². The number of methoxy groups -OCH3 is 1. The summed E-state index contributed by atoms with van der Waals surface area (Å²) in [7, 11) is 1.60. The highest BCUT2D eigenvalue weighted by atomic mass is 32.1. The molecule has 5 aromatic rings. The third kappa shape index (κ3) is 4.91. The fourth-order valence-corrected chi connectivity index (χ4v) is 6.37. The fourth-order valence-electron chi connectivity index (χ4n) is 5.34. The van der Waals surface area contributed by atoms with Gasteiger partial charge in [0.15, 0.2) is 4.80 Å². The van der Waals surface area contributed by atoms with E-state index in [0.29, 0.717) is 26.4 Å². The first-order valence-corrected chi connectivity index (χ1v) is 14.3. The fraction of sp³-hybridized carbons (Fsp3) is 0.182. The highest BCUT2D eigenvalue weighted by Crippen LogP contribution is 2.31. The summed E-state index contributed by atoms with van der Waals surface area (Å²) in [5, 5.41) is 1.06. The molecule has 1 aliphatic heterocycles. The van der Waals surface area contributed by atoms with E-state index in [1.54, 1.807) is 25.5 Å². The molecule has 0 N–H and O–H groups in total. The number of hydrogen-bond acceptors (Lipinski definition) is 6. The Morgan fingerprint density at radius 3 is 2.49 bits per heavy atom. The van der Waals surface area contributed by atoms with Crippen molar-refractivity contribution in [2.24, 2.45) is 4.99 Å². The van der Waals surface area contributed by atoms with E-state index in [9.17, 15) is 9.59 Å². The molecule has 0 saturated carbocycles. The zero-order chi connectivity index (χ0) is 28.5. The maximum Gasteiger partial charge on any atom is 0.338 e. The minimum absolute atomic E-state index is 0.205. The lowest BCUT2D eigenvalue weighted by atomic mass is 9.96. The van der Waals surface area contributed by atoms with Crippen LogP contribution in [0.4, 0.5) is 0 Å². The average molecular weight is 564 g/mol. The zero-order valence-electron chi connectivity index (χ0n) is 23.0. The number of carbonyl (C=O) groups is 1. The Hall–Kier alpha value is -4.69. The third-order valence-electron chi connectivity index (χ3n) is 7.25. The Bertz CT molecular complexity index is 1960. The summed E-state index contributed by atoms with van der Waals surface area (Å²) >= 11 is 1.32. The van der Waals surface area contributed by atoms with Crippen molar-refractivity contribution in [3.05, 3.63) is 133 Å². The quantitative estimate of drug-likeness (QED) is 0.267. The van der Waals surface area contributed by atoms with Gasteiger partial charge in [-0.05, 0) is 49.2 Å². The normalized spacial score (nSPS) is 15.1. The summed E-state index contributed by atoms with van der Waals surface area (Å²) in [6, 6.07) is 25.2. The maximum absolute atomic E-state index is 14.1. The van der Waals surface area contributed by atoms with Gasteiger partial charge in [0.25, 0.3) is 5.56 Å². The van der Waals surface area contributed by atoms with Crippen LogP contribution in [-0.4, -0.2) is 28.8 Å². The van der Waals surface area contributed by atoms with Gasteiger partial charge in [0, 0.05) is 29.2 Å². The summed E-state index contributed by atoms with van der Waals surface area (Å²) in [4.78, 5) is 32.5. The van der Waals surface area contributed by atoms with Gasteiger partial charge in [-0.25, -0.2) is 9.79 Å². The molecule has 0 fully saturated rings. The highest BCUT2D eigenvalue weighted by molar-refractivity contribution is 7.07. The first-order chi connectivity index (χ1) is 20.0. The van der Waals surface area contributed by atoms with Gasteiger partial charge in [0.1, 0.15) is 5.75 Å². The standard InChI is InChI=1S/C33H29N3O4S/c1-4-40-32(38)29-21(2)34-33-36(30(29)23-14-16-25(39-3)17-15-23)31(37)28(41-33)18-24-20-35(19-22-10-6-5-7-11-22)27-13-9-8-12-26(24)27/h5-18,20,30H,4,19H2,1-3H3. The topological polar surface area (TPSA) is 74.8 Å². The molecule has 3 heterocycles. The molecule has 0 saturated heterocycles. The Morgan fingerprint density at radius 2 is 1.76 bits per heavy atom. The molecule has 1 atom stereocenters. The molecule has 8 heteroatoms. The second-order valence-corrected chi connectivity index (χ2v) is 10.8. The highest BCUT2D eigenvalue weighted by Gasteiger charge is 2.33. The van der Waals surface area contributed by atoms with Crippen molar-refractivity contribution in [1.82, 2.24) is 9.13 Å². The predicted molar refractivity (Wildman–Crippen MR) is 161 cm³/mol. The Morgan fingerprint density at radius 1 is 1.02 bits per heavy atom. The Labute approximate surface area is 240 Å². The number of hydrogen-bond donors (Lipinski definition) is 0. The number of aromatic nitrogens is 2. The minimum Gasteiger partial charge on any atom is -0.497 e. The summed E-state index contributed by atoms with van der Waals surface area (Å²) in [5.41, 5.74) is 4.70. The van der Waals surface area contributed by atoms with Gasteiger partial charge in [-0.3, -0.25) is 9.36 Å². The summed E-state index contributed by atoms with van der Waals surface area (Å²) in [5.74, 6) is 0.208. The van der Waals surface area contributed by atoms with Crippen molar-refractivity contribution in [3.8, 4) is 5.75 Å². The molecule has 0 bridgehead atoms. The summed E-state index contributed by atoms with van der Waals surface area (Å²) < 4.78 is 15.1. The Balaban J connectivity index is 1.51. The number of thiazole rings is 1. The molecule has 7 nitrogen and oxygen atoms in total. The van der Waals surface area contributed by atoms with Crippen molar-refractivity contribution in [2.45, 2.75) is 26.4 Å². The van der Waals surface area contributed by atoms with Crippen LogP contribution in [-0.2, 0) is 16.1 Å². The molecule has 0 spiro atoms. The summed E-state index contributed by atoms with van der Waals surface area (Å²) in [6.45, 7) is 4.50. The predicted octanol–water partition coefficient (Wildman–Crippen LogP) is 4.81. The second kappa shape index (κ2) is 11.1. The maximum atomic E-state index is 14.1. The number of benzene rings is 3. The van der Waals surface area contributed by atoms with Gasteiger partial charge >= 0.3 is 5.97 Å². The number of para-hydroxylation sites is 1. The van der Waals surface area contributed by atoms with Gasteiger partial charge in [0.2, 0.25) is 0 Å². The van der Waals surface area contributed by atoms with E-state index in [4.69, 9.17) is 14.5 Å². The molecule has 41 heavy (non-hydrogen) atoms. The number of esters is 1. The smallest absolute Gasteiger partial charge is 0.338 e. The van der Waals surface area contributed by atoms with Gasteiger partial charge in [-0.1, -0.05) is 72.0 Å². The lowest BCUT2D eigenvalue weighted by Crippen LogP contribution is -2.39. The molecule has 1 unspecified atom stereocenters. The molecule has 2 aromatic heterocycles. The van der Waals surface area contributed by atoms with Crippen LogP contribution < -0.4 is 19.6 Å². The van der Waals surface area contributed by atoms with Crippen LogP contribution in [0.25, 0.3) is 17.0 Å². The molecule has 206 valence electrons. The minimum atomic E-state index is -0.669. The molecule has 3 aromatic carbocycles. The van der Waals surface area contributed by atoms with Crippen molar-refractivity contribution >= 4 is 34.3 Å². The van der Waals surface area contributed by atoms with Crippen LogP contribution in [0.3, 0.4) is 0 Å². The summed E-state index contributed by atoms with van der Waals surface area (Å²) in [6.07, 6.45) is 4.02. The van der Waals surface area contributed by atoms with Crippen LogP contribution in [0.15, 0.2) is 106 Å². The first-order valence-electron chi connectivity index (χ1n) is 13.4. The van der Waals surface area contributed by atoms with E-state index in [1.165, 1.54) is 16.9 Å². The van der Waals surface area contributed by atoms with Crippen LogP contribution in [0.1, 0.15) is 36.6 Å². The molecule has 1 aliphatic rings. The second-order valence-electron chi connectivity index (χ2n) is 9.79. The zero-order valence-corrected chi connectivity index (χ0v) is 23.9. The van der Waals surface area contributed by atoms with Gasteiger partial charge in [0.05, 0.1) is 35.6 Å². The van der Waals surface area contributed by atoms with E-state index >= 15 is 0 Å². The average Bonchev–Trinajstić information content (AvgIpc) is 3.49. The number of rotatable bonds is 7. The number of allylic oxidation sites excluding steroid dienone is 1. The van der Waals surface area contributed by atoms with Crippen molar-refractivity contribution in [1.29, 1.82) is 0 Å². The lowest BCUT2D eigenvalue weighted by molar-refractivity contribution is -0.139. The van der Waals surface area contributed by atoms with E-state index in [2.05, 4.69) is 35.0 Å². The lowest BCUT2D eigenvalue weighted by Gasteiger charge is -2.24. The van der Waals surface area contributed by atoms with Crippen LogP contribution in [0.2, 0.25) is 0 Å². The molecular weight excluding hydrogens is 534 g/mol. The Kier molecular flexibility index (Phi) is 7.15. The largest absolute Gasteiger partial charge is 0.497 e. The third-order valence-corrected chi connectivity index (χ3v) is 8.23. The van der Waals surface area contributed by atoms with Gasteiger partial charge in [-0.15, -0.1) is 0 Å². The number of ether oxygens (including phenoxy) is 2. The molecule has 0 aliphatic carbocycles. The molecular formula is C33H29N3O4S. The van der Waals surface area contributed by atoms with Crippen molar-refractivity contribution in [2.75, 3.05) is 13.7 Å². The first kappa shape index (κ1) is 26.5. The molecule has 6 rings (SSSR count). The number of fused-ring (bicyclic) bond motifs is 2. The number of nitrogens with zero attached hydrogens (tertiary/aromatic N) is 3. The SMILES string of the molecule is CCOC(=O)C1=C(C)N=c2sc(=Cc3cn(Cc4ccccc4)c4ccccc34)c(=O)n2C1c1ccc(OC)cc1.